The maximum absolute atomic E-state index is 15.4. The maximum atomic E-state index is 15.4. The second kappa shape index (κ2) is 12.7. The molecule has 1 aliphatic heterocycles. The number of H-pyrrole nitrogens is 1. The third-order valence-electron chi connectivity index (χ3n) is 6.69. The van der Waals surface area contributed by atoms with Gasteiger partial charge < -0.3 is 19.7 Å². The Morgan fingerprint density at radius 2 is 2.05 bits per heavy atom. The number of aromatic nitrogens is 4. The van der Waals surface area contributed by atoms with Gasteiger partial charge in [-0.2, -0.15) is 9.49 Å². The molecule has 232 valence electrons. The third kappa shape index (κ3) is 6.58. The van der Waals surface area contributed by atoms with Gasteiger partial charge in [-0.3, -0.25) is 15.2 Å². The largest absolute Gasteiger partial charge is 0.490 e. The molecule has 3 heterocycles. The Balaban J connectivity index is 1.47. The number of morpholine rings is 1. The number of aromatic amines is 1. The zero-order valence-corrected chi connectivity index (χ0v) is 25.3. The fourth-order valence-electron chi connectivity index (χ4n) is 4.54. The number of aryl methyl sites for hydroxylation is 1. The van der Waals surface area contributed by atoms with Crippen LogP contribution in [0.25, 0.3) is 0 Å². The van der Waals surface area contributed by atoms with Gasteiger partial charge in [-0.25, -0.2) is 22.8 Å². The Labute approximate surface area is 255 Å². The Hall–Kier alpha value is -4.35. The van der Waals surface area contributed by atoms with Gasteiger partial charge in [0.2, 0.25) is 11.6 Å². The van der Waals surface area contributed by atoms with E-state index in [1.807, 2.05) is 18.7 Å². The normalized spacial score (nSPS) is 15.3. The van der Waals surface area contributed by atoms with Crippen LogP contribution >= 0.6 is 11.8 Å². The molecule has 4 aromatic rings. The molecular weight excluding hydrogens is 620 g/mol. The van der Waals surface area contributed by atoms with E-state index in [1.54, 1.807) is 6.07 Å². The predicted molar refractivity (Wildman–Crippen MR) is 157 cm³/mol. The van der Waals surface area contributed by atoms with Gasteiger partial charge in [0.05, 0.1) is 46.8 Å². The summed E-state index contributed by atoms with van der Waals surface area (Å²) < 4.78 is 67.2. The smallest absolute Gasteiger partial charge is 0.305 e. The lowest BCUT2D eigenvalue weighted by Crippen LogP contribution is -2.44. The van der Waals surface area contributed by atoms with Crippen molar-refractivity contribution in [2.75, 3.05) is 37.1 Å². The topological polar surface area (TPSA) is 165 Å². The van der Waals surface area contributed by atoms with E-state index in [9.17, 15) is 22.9 Å². The summed E-state index contributed by atoms with van der Waals surface area (Å²) >= 11 is 0.865. The zero-order chi connectivity index (χ0) is 31.6. The molecule has 2 N–H and O–H groups in total. The highest BCUT2D eigenvalue weighted by Crippen LogP contribution is 2.40. The molecule has 0 spiro atoms. The molecule has 1 atom stereocenters. The number of nitro groups is 1. The molecule has 0 saturated carbocycles. The quantitative estimate of drug-likeness (QED) is 0.137. The maximum Gasteiger partial charge on any atom is 0.305 e. The summed E-state index contributed by atoms with van der Waals surface area (Å²) in [7, 11) is -2.78. The van der Waals surface area contributed by atoms with Gasteiger partial charge in [0.15, 0.2) is 32.4 Å². The number of nitrogens with zero attached hydrogens (tertiary/aromatic N) is 5. The molecule has 0 bridgehead atoms. The number of hydrogen-bond donors (Lipinski definition) is 2. The van der Waals surface area contributed by atoms with Gasteiger partial charge in [0, 0.05) is 29.9 Å². The minimum absolute atomic E-state index is 0.0261. The minimum atomic E-state index is -4.26. The summed E-state index contributed by atoms with van der Waals surface area (Å²) in [6.07, 6.45) is 0. The van der Waals surface area contributed by atoms with Crippen LogP contribution in [-0.2, 0) is 20.3 Å². The first-order valence-electron chi connectivity index (χ1n) is 13.2. The molecule has 0 unspecified atom stereocenters. The van der Waals surface area contributed by atoms with Crippen molar-refractivity contribution in [3.05, 3.63) is 75.5 Å². The van der Waals surface area contributed by atoms with Crippen molar-refractivity contribution < 1.29 is 31.6 Å². The highest BCUT2D eigenvalue weighted by Gasteiger charge is 2.28. The average Bonchev–Trinajstić information content (AvgIpc) is 3.39. The van der Waals surface area contributed by atoms with Gasteiger partial charge in [-0.15, -0.1) is 0 Å². The monoisotopic (exact) mass is 647 g/mol. The average molecular weight is 648 g/mol. The Morgan fingerprint density at radius 1 is 1.25 bits per heavy atom. The molecule has 2 aromatic carbocycles. The van der Waals surface area contributed by atoms with E-state index in [1.165, 1.54) is 25.3 Å². The van der Waals surface area contributed by atoms with Crippen LogP contribution in [0.2, 0.25) is 0 Å². The lowest BCUT2D eigenvalue weighted by Gasteiger charge is -2.35. The predicted octanol–water partition coefficient (Wildman–Crippen LogP) is 4.80. The van der Waals surface area contributed by atoms with Gasteiger partial charge in [0.1, 0.15) is 5.82 Å². The number of ether oxygens (including phenoxy) is 2. The van der Waals surface area contributed by atoms with Crippen molar-refractivity contribution in [1.29, 1.82) is 0 Å². The van der Waals surface area contributed by atoms with Crippen molar-refractivity contribution in [3.8, 4) is 5.75 Å². The van der Waals surface area contributed by atoms with Crippen molar-refractivity contribution >= 4 is 44.7 Å². The summed E-state index contributed by atoms with van der Waals surface area (Å²) in [5, 5.41) is 21.3. The van der Waals surface area contributed by atoms with Crippen LogP contribution in [0.4, 0.5) is 31.9 Å². The van der Waals surface area contributed by atoms with E-state index >= 15 is 4.39 Å². The van der Waals surface area contributed by atoms with Crippen LogP contribution in [0.5, 0.6) is 5.75 Å². The lowest BCUT2D eigenvalue weighted by atomic mass is 10.2. The molecule has 0 aliphatic carbocycles. The summed E-state index contributed by atoms with van der Waals surface area (Å²) in [6.45, 7) is 5.25. The molecule has 0 amide bonds. The molecule has 1 aliphatic rings. The number of nitrogens with one attached hydrogen (secondary N) is 2. The molecule has 0 radical (unpaired) electrons. The highest BCUT2D eigenvalue weighted by atomic mass is 32.2. The van der Waals surface area contributed by atoms with Gasteiger partial charge in [-0.1, -0.05) is 12.1 Å². The van der Waals surface area contributed by atoms with Crippen molar-refractivity contribution in [2.45, 2.75) is 40.6 Å². The van der Waals surface area contributed by atoms with Crippen LogP contribution in [0.1, 0.15) is 18.2 Å². The summed E-state index contributed by atoms with van der Waals surface area (Å²) in [5.41, 5.74) is -0.443. The third-order valence-corrected chi connectivity index (χ3v) is 9.27. The number of anilines is 3. The lowest BCUT2D eigenvalue weighted by molar-refractivity contribution is -0.387. The van der Waals surface area contributed by atoms with E-state index in [0.717, 1.165) is 35.7 Å². The number of nitro benzene ring substituents is 1. The molecule has 5 rings (SSSR count). The fourth-order valence-corrected chi connectivity index (χ4v) is 6.66. The molecule has 13 nitrogen and oxygen atoms in total. The van der Waals surface area contributed by atoms with Crippen molar-refractivity contribution in [2.24, 2.45) is 0 Å². The molecule has 1 fully saturated rings. The number of hydrogen-bond acceptors (Lipinski definition) is 12. The summed E-state index contributed by atoms with van der Waals surface area (Å²) in [5.74, 6) is -1.48. The number of benzene rings is 2. The molecule has 1 saturated heterocycles. The van der Waals surface area contributed by atoms with E-state index in [-0.39, 0.29) is 21.9 Å². The zero-order valence-electron chi connectivity index (χ0n) is 23.7. The van der Waals surface area contributed by atoms with E-state index in [0.29, 0.717) is 37.1 Å². The number of methoxy groups -OCH3 is 1. The summed E-state index contributed by atoms with van der Waals surface area (Å²) in [6, 6.07) is 8.20. The van der Waals surface area contributed by atoms with Crippen molar-refractivity contribution in [3.63, 3.8) is 0 Å². The Bertz CT molecular complexity index is 1820. The van der Waals surface area contributed by atoms with E-state index in [4.69, 9.17) is 9.47 Å². The highest BCUT2D eigenvalue weighted by molar-refractivity contribution is 7.99. The second-order valence-electron chi connectivity index (χ2n) is 9.85. The van der Waals surface area contributed by atoms with Crippen LogP contribution in [0.15, 0.2) is 57.4 Å². The van der Waals surface area contributed by atoms with Crippen LogP contribution < -0.4 is 15.0 Å². The number of sulfone groups is 1. The van der Waals surface area contributed by atoms with E-state index in [2.05, 4.69) is 25.5 Å². The number of rotatable bonds is 10. The Kier molecular flexibility index (Phi) is 8.98. The minimum Gasteiger partial charge on any atom is -0.490 e. The first kappa shape index (κ1) is 31.1. The van der Waals surface area contributed by atoms with Crippen LogP contribution in [0.3, 0.4) is 0 Å². The van der Waals surface area contributed by atoms with E-state index < -0.39 is 48.3 Å². The number of halogens is 2. The van der Waals surface area contributed by atoms with Gasteiger partial charge in [0.25, 0.3) is 0 Å². The SMILES string of the molecule is COc1c(Nc2cc(C)[nH]n2)nc(Sc2ccc(S(=O)(=O)Cc3cccc([N+](=O)[O-])c3F)cc2F)nc1N1CCOC[C@@H]1C. The molecule has 44 heavy (non-hydrogen) atoms. The van der Waals surface area contributed by atoms with Crippen LogP contribution in [-0.4, -0.2) is 66.4 Å². The van der Waals surface area contributed by atoms with Crippen LogP contribution in [0, 0.1) is 28.7 Å². The molecule has 2 aromatic heterocycles. The first-order chi connectivity index (χ1) is 21.0. The molecular formula is C27H27F2N7O6S2. The Morgan fingerprint density at radius 3 is 2.70 bits per heavy atom. The van der Waals surface area contributed by atoms with Gasteiger partial charge >= 0.3 is 5.69 Å². The van der Waals surface area contributed by atoms with Crippen molar-refractivity contribution in [1.82, 2.24) is 20.2 Å². The second-order valence-corrected chi connectivity index (χ2v) is 12.8. The first-order valence-corrected chi connectivity index (χ1v) is 15.6. The standard InChI is InChI=1S/C27H27F2N7O6S2/c1-15-11-22(34-33-15)30-25-24(41-3)26(35-9-10-42-13-16(35)2)32-27(31-25)43-21-8-7-18(12-19(21)28)44(39,40)14-17-5-4-6-20(23(17)29)36(37)38/h4-8,11-12,16H,9-10,13-14H2,1-3H3,(H2,30,31,32,33,34)/t16-/m0/s1. The van der Waals surface area contributed by atoms with Gasteiger partial charge in [-0.05, 0) is 43.8 Å². The fraction of sp³-hybridized carbons (Fsp3) is 0.296. The summed E-state index contributed by atoms with van der Waals surface area (Å²) in [4.78, 5) is 20.9. The molecule has 17 heteroatoms.